The maximum absolute atomic E-state index is 13.0. The van der Waals surface area contributed by atoms with Crippen LogP contribution >= 0.6 is 0 Å². The van der Waals surface area contributed by atoms with Gasteiger partial charge >= 0.3 is 11.9 Å². The minimum atomic E-state index is -1.42. The van der Waals surface area contributed by atoms with Crippen molar-refractivity contribution in [3.63, 3.8) is 0 Å². The molecule has 0 N–H and O–H groups in total. The number of carbonyl (C=O) groups is 3. The highest BCUT2D eigenvalue weighted by molar-refractivity contribution is 6.05. The summed E-state index contributed by atoms with van der Waals surface area (Å²) in [7, 11) is 2.55. The number of ketones is 1. The van der Waals surface area contributed by atoms with Crippen LogP contribution in [0.3, 0.4) is 0 Å². The van der Waals surface area contributed by atoms with Gasteiger partial charge in [0.15, 0.2) is 5.41 Å². The van der Waals surface area contributed by atoms with Crippen LogP contribution in [-0.4, -0.2) is 31.9 Å². The standard InChI is InChI=1S/C18H20O5/c1-8-7-18(16(20)22-2,17(21)23-3)14-11(8)15(19)13-10-5-4-9(6-10)12(13)14/h4-5,9-14H,1,6-7H2,2-3H3/t9-,10+,11+,12-,13+,14-/m0/s1. The van der Waals surface area contributed by atoms with Crippen molar-refractivity contribution in [3.05, 3.63) is 24.3 Å². The molecule has 0 aliphatic heterocycles. The first-order valence-electron chi connectivity index (χ1n) is 8.04. The van der Waals surface area contributed by atoms with Crippen molar-refractivity contribution in [2.45, 2.75) is 12.8 Å². The van der Waals surface area contributed by atoms with Gasteiger partial charge in [0.25, 0.3) is 0 Å². The van der Waals surface area contributed by atoms with E-state index in [0.29, 0.717) is 5.57 Å². The third-order valence-electron chi connectivity index (χ3n) is 6.54. The molecule has 0 aromatic heterocycles. The maximum Gasteiger partial charge on any atom is 0.323 e. The third-order valence-corrected chi connectivity index (χ3v) is 6.54. The molecule has 0 radical (unpaired) electrons. The number of rotatable bonds is 2. The molecule has 4 aliphatic rings. The van der Waals surface area contributed by atoms with Gasteiger partial charge in [0.1, 0.15) is 5.78 Å². The zero-order chi connectivity index (χ0) is 16.5. The second kappa shape index (κ2) is 4.56. The van der Waals surface area contributed by atoms with Crippen LogP contribution in [0.5, 0.6) is 0 Å². The first-order chi connectivity index (χ1) is 11.0. The van der Waals surface area contributed by atoms with Gasteiger partial charge in [0.2, 0.25) is 0 Å². The molecule has 5 heteroatoms. The van der Waals surface area contributed by atoms with Gasteiger partial charge in [-0.15, -0.1) is 0 Å². The second-order valence-corrected chi connectivity index (χ2v) is 7.25. The third kappa shape index (κ3) is 1.51. The molecule has 122 valence electrons. The van der Waals surface area contributed by atoms with Crippen LogP contribution in [0.15, 0.2) is 24.3 Å². The average Bonchev–Trinajstić information content (AvgIpc) is 3.27. The molecule has 0 unspecified atom stereocenters. The molecule has 0 spiro atoms. The minimum Gasteiger partial charge on any atom is -0.468 e. The number of hydrogen-bond donors (Lipinski definition) is 0. The molecule has 0 amide bonds. The van der Waals surface area contributed by atoms with Crippen LogP contribution in [-0.2, 0) is 23.9 Å². The normalized spacial score (nSPS) is 41.8. The van der Waals surface area contributed by atoms with Gasteiger partial charge in [-0.05, 0) is 30.6 Å². The van der Waals surface area contributed by atoms with Crippen molar-refractivity contribution in [1.82, 2.24) is 0 Å². The molecule has 2 bridgehead atoms. The van der Waals surface area contributed by atoms with E-state index in [-0.39, 0.29) is 41.8 Å². The molecule has 23 heavy (non-hydrogen) atoms. The van der Waals surface area contributed by atoms with Gasteiger partial charge in [-0.1, -0.05) is 24.3 Å². The van der Waals surface area contributed by atoms with Crippen LogP contribution in [0.25, 0.3) is 0 Å². The molecular formula is C18H20O5. The van der Waals surface area contributed by atoms with Crippen molar-refractivity contribution in [1.29, 1.82) is 0 Å². The van der Waals surface area contributed by atoms with Gasteiger partial charge in [0, 0.05) is 17.8 Å². The molecule has 0 saturated heterocycles. The molecule has 5 nitrogen and oxygen atoms in total. The molecule has 0 aromatic carbocycles. The Bertz CT molecular complexity index is 644. The number of ether oxygens (including phenoxy) is 2. The number of esters is 2. The fraction of sp³-hybridized carbons (Fsp3) is 0.611. The van der Waals surface area contributed by atoms with E-state index in [1.807, 2.05) is 0 Å². The van der Waals surface area contributed by atoms with E-state index < -0.39 is 23.3 Å². The van der Waals surface area contributed by atoms with E-state index in [9.17, 15) is 14.4 Å². The summed E-state index contributed by atoms with van der Waals surface area (Å²) < 4.78 is 9.94. The summed E-state index contributed by atoms with van der Waals surface area (Å²) in [6, 6.07) is 0. The van der Waals surface area contributed by atoms with Gasteiger partial charge in [-0.25, -0.2) is 0 Å². The zero-order valence-electron chi connectivity index (χ0n) is 13.3. The quantitative estimate of drug-likeness (QED) is 0.439. The largest absolute Gasteiger partial charge is 0.468 e. The number of allylic oxidation sites excluding steroid dienone is 3. The summed E-state index contributed by atoms with van der Waals surface area (Å²) in [5.41, 5.74) is -0.747. The van der Waals surface area contributed by atoms with E-state index in [0.717, 1.165) is 6.42 Å². The van der Waals surface area contributed by atoms with Crippen LogP contribution in [0.1, 0.15) is 12.8 Å². The summed E-state index contributed by atoms with van der Waals surface area (Å²) in [4.78, 5) is 38.2. The Kier molecular flexibility index (Phi) is 2.91. The number of Topliss-reactive ketones (excluding diaryl/α,β-unsaturated/α-hetero) is 1. The second-order valence-electron chi connectivity index (χ2n) is 7.25. The number of carbonyl (C=O) groups excluding carboxylic acids is 3. The Morgan fingerprint density at radius 1 is 1.17 bits per heavy atom. The van der Waals surface area contributed by atoms with E-state index in [4.69, 9.17) is 9.47 Å². The van der Waals surface area contributed by atoms with Crippen molar-refractivity contribution < 1.29 is 23.9 Å². The lowest BCUT2D eigenvalue weighted by Gasteiger charge is -2.35. The summed E-state index contributed by atoms with van der Waals surface area (Å²) in [6.07, 6.45) is 5.35. The van der Waals surface area contributed by atoms with Crippen molar-refractivity contribution >= 4 is 17.7 Å². The SMILES string of the molecule is C=C1CC(C(=O)OC)(C(=O)OC)[C@H]2[C@@H]1C(=O)[C@H]1[C@@H]2[C@H]2C=C[C@@H]1C2. The fourth-order valence-corrected chi connectivity index (χ4v) is 5.88. The summed E-state index contributed by atoms with van der Waals surface area (Å²) in [6.45, 7) is 4.02. The number of methoxy groups -OCH3 is 2. The molecule has 6 atom stereocenters. The molecule has 3 fully saturated rings. The Morgan fingerprint density at radius 2 is 1.78 bits per heavy atom. The Balaban J connectivity index is 1.88. The van der Waals surface area contributed by atoms with Gasteiger partial charge in [-0.2, -0.15) is 0 Å². The lowest BCUT2D eigenvalue weighted by molar-refractivity contribution is -0.174. The van der Waals surface area contributed by atoms with Crippen LogP contribution in [0.4, 0.5) is 0 Å². The van der Waals surface area contributed by atoms with E-state index in [2.05, 4.69) is 18.7 Å². The average molecular weight is 316 g/mol. The molecule has 4 aliphatic carbocycles. The Morgan fingerprint density at radius 3 is 2.39 bits per heavy atom. The van der Waals surface area contributed by atoms with E-state index in [1.165, 1.54) is 14.2 Å². The van der Waals surface area contributed by atoms with Gasteiger partial charge < -0.3 is 9.47 Å². The van der Waals surface area contributed by atoms with E-state index in [1.54, 1.807) is 0 Å². The lowest BCUT2D eigenvalue weighted by Crippen LogP contribution is -2.47. The molecule has 4 rings (SSSR count). The highest BCUT2D eigenvalue weighted by Gasteiger charge is 2.73. The first-order valence-corrected chi connectivity index (χ1v) is 8.04. The van der Waals surface area contributed by atoms with Crippen molar-refractivity contribution in [3.8, 4) is 0 Å². The molecular weight excluding hydrogens is 296 g/mol. The van der Waals surface area contributed by atoms with Crippen molar-refractivity contribution in [2.75, 3.05) is 14.2 Å². The fourth-order valence-electron chi connectivity index (χ4n) is 5.88. The molecule has 0 aromatic rings. The van der Waals surface area contributed by atoms with Crippen LogP contribution in [0, 0.1) is 40.9 Å². The van der Waals surface area contributed by atoms with Gasteiger partial charge in [-0.3, -0.25) is 14.4 Å². The Labute approximate surface area is 134 Å². The lowest BCUT2D eigenvalue weighted by atomic mass is 9.67. The highest BCUT2D eigenvalue weighted by atomic mass is 16.5. The summed E-state index contributed by atoms with van der Waals surface area (Å²) in [5, 5.41) is 0. The number of hydrogen-bond acceptors (Lipinski definition) is 5. The predicted octanol–water partition coefficient (Wildman–Crippen LogP) is 1.53. The predicted molar refractivity (Wildman–Crippen MR) is 79.9 cm³/mol. The van der Waals surface area contributed by atoms with Crippen molar-refractivity contribution in [2.24, 2.45) is 40.9 Å². The van der Waals surface area contributed by atoms with Gasteiger partial charge in [0.05, 0.1) is 14.2 Å². The highest BCUT2D eigenvalue weighted by Crippen LogP contribution is 2.68. The minimum absolute atomic E-state index is 0.0138. The topological polar surface area (TPSA) is 69.7 Å². The maximum atomic E-state index is 13.0. The number of fused-ring (bicyclic) bond motifs is 7. The molecule has 3 saturated carbocycles. The smallest absolute Gasteiger partial charge is 0.323 e. The summed E-state index contributed by atoms with van der Waals surface area (Å²) in [5.74, 6) is -1.44. The first kappa shape index (κ1) is 14.7. The van der Waals surface area contributed by atoms with Crippen LogP contribution < -0.4 is 0 Å². The zero-order valence-corrected chi connectivity index (χ0v) is 13.3. The van der Waals surface area contributed by atoms with E-state index >= 15 is 0 Å². The summed E-state index contributed by atoms with van der Waals surface area (Å²) >= 11 is 0. The van der Waals surface area contributed by atoms with Crippen LogP contribution in [0.2, 0.25) is 0 Å². The molecule has 0 heterocycles. The Hall–Kier alpha value is -1.91. The monoisotopic (exact) mass is 316 g/mol.